The van der Waals surface area contributed by atoms with Gasteiger partial charge in [0.25, 0.3) is 0 Å². The van der Waals surface area contributed by atoms with Crippen molar-refractivity contribution in [2.75, 3.05) is 24.5 Å². The molecule has 0 spiro atoms. The molecule has 7 nitrogen and oxygen atoms in total. The minimum atomic E-state index is -1.95. The van der Waals surface area contributed by atoms with Gasteiger partial charge in [-0.1, -0.05) is 48.5 Å². The Morgan fingerprint density at radius 2 is 1.55 bits per heavy atom. The number of nitrogens with zero attached hydrogens (tertiary/aromatic N) is 2. The van der Waals surface area contributed by atoms with Crippen LogP contribution in [0.2, 0.25) is 0 Å². The van der Waals surface area contributed by atoms with Crippen molar-refractivity contribution in [2.24, 2.45) is 5.92 Å². The summed E-state index contributed by atoms with van der Waals surface area (Å²) in [7, 11) is 0. The summed E-state index contributed by atoms with van der Waals surface area (Å²) in [5.74, 6) is -4.16. The fraction of sp³-hybridized carbons (Fsp3) is 0.423. The molecule has 0 aliphatic carbocycles. The monoisotopic (exact) mass is 450 g/mol. The number of rotatable bonds is 7. The molecule has 33 heavy (non-hydrogen) atoms. The minimum Gasteiger partial charge on any atom is -0.405 e. The molecule has 174 valence electrons. The van der Waals surface area contributed by atoms with Gasteiger partial charge in [0.15, 0.2) is 0 Å². The number of likely N-dealkylation sites (tertiary alicyclic amines) is 1. The molecule has 0 bridgehead atoms. The Kier molecular flexibility index (Phi) is 6.79. The zero-order chi connectivity index (χ0) is 23.4. The lowest BCUT2D eigenvalue weighted by Crippen LogP contribution is -2.53. The molecule has 0 radical (unpaired) electrons. The number of anilines is 1. The number of ether oxygens (including phenoxy) is 2. The fourth-order valence-corrected chi connectivity index (χ4v) is 4.63. The van der Waals surface area contributed by atoms with E-state index in [1.54, 1.807) is 4.90 Å². The molecule has 2 fully saturated rings. The quantitative estimate of drug-likeness (QED) is 0.476. The first kappa shape index (κ1) is 23.0. The lowest BCUT2D eigenvalue weighted by molar-refractivity contribution is -0.182. The molecule has 1 unspecified atom stereocenters. The van der Waals surface area contributed by atoms with Gasteiger partial charge in [0.2, 0.25) is 0 Å². The highest BCUT2D eigenvalue weighted by atomic mass is 16.8. The SMILES string of the molecule is CC(CN(C(=O)C1(C)OC(=O)C(=O)O1)c1ccccc1)N1CCC(Cc2ccccc2)CC1. The Hall–Kier alpha value is -3.19. The molecule has 0 aromatic heterocycles. The second-order valence-corrected chi connectivity index (χ2v) is 8.99. The van der Waals surface area contributed by atoms with Crippen LogP contribution >= 0.6 is 0 Å². The summed E-state index contributed by atoms with van der Waals surface area (Å²) in [6.45, 7) is 5.70. The van der Waals surface area contributed by atoms with E-state index in [1.165, 1.54) is 12.5 Å². The van der Waals surface area contributed by atoms with Crippen LogP contribution < -0.4 is 4.90 Å². The molecule has 0 saturated carbocycles. The number of cyclic esters (lactones) is 2. The molecule has 2 aromatic rings. The molecule has 2 aliphatic heterocycles. The van der Waals surface area contributed by atoms with E-state index in [9.17, 15) is 14.4 Å². The lowest BCUT2D eigenvalue weighted by Gasteiger charge is -2.39. The number of esters is 2. The normalized spacial score (nSPS) is 19.6. The van der Waals surface area contributed by atoms with Gasteiger partial charge in [0.1, 0.15) is 0 Å². The van der Waals surface area contributed by atoms with Gasteiger partial charge < -0.3 is 14.4 Å². The van der Waals surface area contributed by atoms with Crippen molar-refractivity contribution in [1.82, 2.24) is 4.90 Å². The topological polar surface area (TPSA) is 76.1 Å². The standard InChI is InChI=1S/C26H30N2O5/c1-19(27-15-13-21(14-16-27)17-20-9-5-3-6-10-20)18-28(22-11-7-4-8-12-22)25(31)26(2)32-23(29)24(30)33-26/h3-12,19,21H,13-18H2,1-2H3. The second kappa shape index (κ2) is 9.75. The van der Waals surface area contributed by atoms with Crippen LogP contribution in [0, 0.1) is 5.92 Å². The van der Waals surface area contributed by atoms with Gasteiger partial charge in [-0.05, 0) is 62.9 Å². The summed E-state index contributed by atoms with van der Waals surface area (Å²) < 4.78 is 10.0. The third kappa shape index (κ3) is 5.25. The zero-order valence-corrected chi connectivity index (χ0v) is 19.1. The predicted molar refractivity (Wildman–Crippen MR) is 123 cm³/mol. The van der Waals surface area contributed by atoms with Gasteiger partial charge in [-0.2, -0.15) is 0 Å². The number of piperidine rings is 1. The summed E-state index contributed by atoms with van der Waals surface area (Å²) in [5, 5.41) is 0. The Bertz CT molecular complexity index is 970. The molecule has 4 rings (SSSR count). The van der Waals surface area contributed by atoms with E-state index < -0.39 is 23.6 Å². The van der Waals surface area contributed by atoms with Crippen LogP contribution in [0.25, 0.3) is 0 Å². The first-order chi connectivity index (χ1) is 15.9. The largest absolute Gasteiger partial charge is 0.421 e. The van der Waals surface area contributed by atoms with Crippen molar-refractivity contribution in [3.63, 3.8) is 0 Å². The van der Waals surface area contributed by atoms with Gasteiger partial charge in [-0.25, -0.2) is 9.59 Å². The average molecular weight is 451 g/mol. The Balaban J connectivity index is 1.42. The molecule has 1 atom stereocenters. The lowest BCUT2D eigenvalue weighted by atomic mass is 9.89. The number of hydrogen-bond acceptors (Lipinski definition) is 6. The van der Waals surface area contributed by atoms with E-state index in [0.29, 0.717) is 18.2 Å². The maximum Gasteiger partial charge on any atom is 0.421 e. The summed E-state index contributed by atoms with van der Waals surface area (Å²) in [6, 6.07) is 19.8. The molecular weight excluding hydrogens is 420 g/mol. The van der Waals surface area contributed by atoms with Gasteiger partial charge in [-0.3, -0.25) is 9.69 Å². The third-order valence-electron chi connectivity index (χ3n) is 6.53. The van der Waals surface area contributed by atoms with E-state index in [4.69, 9.17) is 9.47 Å². The van der Waals surface area contributed by atoms with Gasteiger partial charge in [0.05, 0.1) is 0 Å². The summed E-state index contributed by atoms with van der Waals surface area (Å²) in [5.41, 5.74) is 2.03. The van der Waals surface area contributed by atoms with Gasteiger partial charge >= 0.3 is 23.6 Å². The molecular formula is C26H30N2O5. The summed E-state index contributed by atoms with van der Waals surface area (Å²) in [4.78, 5) is 40.5. The Labute approximate surface area is 194 Å². The predicted octanol–water partition coefficient (Wildman–Crippen LogP) is 3.18. The molecule has 7 heteroatoms. The molecule has 2 aromatic carbocycles. The van der Waals surface area contributed by atoms with Crippen molar-refractivity contribution in [3.05, 3.63) is 66.2 Å². The minimum absolute atomic E-state index is 0.0724. The molecule has 1 amide bonds. The number of carbonyl (C=O) groups excluding carboxylic acids is 3. The molecule has 2 heterocycles. The van der Waals surface area contributed by atoms with Crippen LogP contribution in [-0.4, -0.2) is 54.2 Å². The van der Waals surface area contributed by atoms with Gasteiger partial charge in [0, 0.05) is 25.2 Å². The number of hydrogen-bond donors (Lipinski definition) is 0. The van der Waals surface area contributed by atoms with Crippen LogP contribution in [0.3, 0.4) is 0 Å². The molecule has 0 N–H and O–H groups in total. The van der Waals surface area contributed by atoms with Crippen molar-refractivity contribution in [2.45, 2.75) is 44.9 Å². The van der Waals surface area contributed by atoms with Crippen molar-refractivity contribution in [1.29, 1.82) is 0 Å². The zero-order valence-electron chi connectivity index (χ0n) is 19.1. The van der Waals surface area contributed by atoms with E-state index >= 15 is 0 Å². The van der Waals surface area contributed by atoms with Crippen LogP contribution in [-0.2, 0) is 30.3 Å². The van der Waals surface area contributed by atoms with E-state index in [1.807, 2.05) is 36.4 Å². The number of benzene rings is 2. The Morgan fingerprint density at radius 1 is 1.00 bits per heavy atom. The second-order valence-electron chi connectivity index (χ2n) is 8.99. The average Bonchev–Trinajstić information content (AvgIpc) is 3.11. The number of carbonyl (C=O) groups is 3. The van der Waals surface area contributed by atoms with Crippen LogP contribution in [0.15, 0.2) is 60.7 Å². The summed E-state index contributed by atoms with van der Waals surface area (Å²) >= 11 is 0. The van der Waals surface area contributed by atoms with Crippen molar-refractivity contribution in [3.8, 4) is 0 Å². The highest BCUT2D eigenvalue weighted by molar-refractivity contribution is 6.32. The van der Waals surface area contributed by atoms with Crippen LogP contribution in [0.5, 0.6) is 0 Å². The smallest absolute Gasteiger partial charge is 0.405 e. The Morgan fingerprint density at radius 3 is 2.12 bits per heavy atom. The van der Waals surface area contributed by atoms with Crippen molar-refractivity contribution < 1.29 is 23.9 Å². The number of para-hydroxylation sites is 1. The number of amides is 1. The molecule has 2 aliphatic rings. The summed E-state index contributed by atoms with van der Waals surface area (Å²) in [6.07, 6.45) is 3.30. The maximum absolute atomic E-state index is 13.4. The third-order valence-corrected chi connectivity index (χ3v) is 6.53. The fourth-order valence-electron chi connectivity index (χ4n) is 4.63. The van der Waals surface area contributed by atoms with Crippen molar-refractivity contribution >= 4 is 23.5 Å². The van der Waals surface area contributed by atoms with Gasteiger partial charge in [-0.15, -0.1) is 0 Å². The van der Waals surface area contributed by atoms with E-state index in [2.05, 4.69) is 36.1 Å². The van der Waals surface area contributed by atoms with E-state index in [0.717, 1.165) is 32.4 Å². The first-order valence-corrected chi connectivity index (χ1v) is 11.5. The van der Waals surface area contributed by atoms with E-state index in [-0.39, 0.29) is 6.04 Å². The maximum atomic E-state index is 13.4. The first-order valence-electron chi connectivity index (χ1n) is 11.5. The van der Waals surface area contributed by atoms with Crippen LogP contribution in [0.4, 0.5) is 5.69 Å². The molecule has 2 saturated heterocycles. The highest BCUT2D eigenvalue weighted by Gasteiger charge is 2.53. The van der Waals surface area contributed by atoms with Crippen LogP contribution in [0.1, 0.15) is 32.3 Å². The highest BCUT2D eigenvalue weighted by Crippen LogP contribution is 2.28.